The number of nitrogens with zero attached hydrogens (tertiary/aromatic N) is 4. The van der Waals surface area contributed by atoms with Crippen molar-refractivity contribution in [2.24, 2.45) is 7.05 Å². The largest absolute Gasteiger partial charge is 0.381 e. The molecule has 0 unspecified atom stereocenters. The summed E-state index contributed by atoms with van der Waals surface area (Å²) in [5.74, 6) is 1.95. The molecule has 3 heterocycles. The number of aryl methyl sites for hydroxylation is 1. The van der Waals surface area contributed by atoms with Gasteiger partial charge in [0.25, 0.3) is 0 Å². The first-order valence-electron chi connectivity index (χ1n) is 6.35. The number of hydrogen-bond acceptors (Lipinski definition) is 4. The molecule has 1 N–H and O–H groups in total. The Labute approximate surface area is 111 Å². The molecule has 3 rings (SSSR count). The van der Waals surface area contributed by atoms with E-state index in [1.54, 1.807) is 12.3 Å². The van der Waals surface area contributed by atoms with Gasteiger partial charge in [0.2, 0.25) is 0 Å². The van der Waals surface area contributed by atoms with E-state index in [2.05, 4.69) is 21.3 Å². The summed E-state index contributed by atoms with van der Waals surface area (Å²) < 4.78 is 7.22. The fraction of sp³-hybridized carbons (Fsp3) is 0.462. The normalized spacial score (nSPS) is 16.4. The lowest BCUT2D eigenvalue weighted by Gasteiger charge is -2.19. The van der Waals surface area contributed by atoms with Gasteiger partial charge in [-0.3, -0.25) is 5.10 Å². The fourth-order valence-corrected chi connectivity index (χ4v) is 2.39. The van der Waals surface area contributed by atoms with Crippen LogP contribution in [0.1, 0.15) is 30.1 Å². The van der Waals surface area contributed by atoms with Gasteiger partial charge < -0.3 is 9.30 Å². The summed E-state index contributed by atoms with van der Waals surface area (Å²) >= 11 is 0. The van der Waals surface area contributed by atoms with E-state index in [9.17, 15) is 0 Å². The Kier molecular flexibility index (Phi) is 3.05. The SMILES string of the molecule is Cn1cc(C#N)cc1-c1n[nH]c(C2CCOCC2)n1. The van der Waals surface area contributed by atoms with Gasteiger partial charge in [-0.15, -0.1) is 0 Å². The topological polar surface area (TPSA) is 79.5 Å². The lowest BCUT2D eigenvalue weighted by Crippen LogP contribution is -2.15. The van der Waals surface area contributed by atoms with Crippen molar-refractivity contribution in [3.8, 4) is 17.6 Å². The lowest BCUT2D eigenvalue weighted by atomic mass is 10.00. The van der Waals surface area contributed by atoms with Crippen LogP contribution < -0.4 is 0 Å². The minimum atomic E-state index is 0.394. The van der Waals surface area contributed by atoms with Crippen LogP contribution in [0.15, 0.2) is 12.3 Å². The first-order chi connectivity index (χ1) is 9.28. The smallest absolute Gasteiger partial charge is 0.197 e. The zero-order valence-corrected chi connectivity index (χ0v) is 10.8. The number of rotatable bonds is 2. The van der Waals surface area contributed by atoms with Gasteiger partial charge in [0.15, 0.2) is 5.82 Å². The number of nitrogens with one attached hydrogen (secondary N) is 1. The van der Waals surface area contributed by atoms with Gasteiger partial charge in [-0.25, -0.2) is 4.98 Å². The molecule has 6 nitrogen and oxygen atoms in total. The second-order valence-corrected chi connectivity index (χ2v) is 4.77. The van der Waals surface area contributed by atoms with E-state index in [-0.39, 0.29) is 0 Å². The van der Waals surface area contributed by atoms with Crippen LogP contribution in [0.5, 0.6) is 0 Å². The number of aromatic nitrogens is 4. The first kappa shape index (κ1) is 11.9. The quantitative estimate of drug-likeness (QED) is 0.885. The molecule has 0 saturated carbocycles. The maximum absolute atomic E-state index is 8.91. The number of H-pyrrole nitrogens is 1. The Bertz CT molecular complexity index is 615. The van der Waals surface area contributed by atoms with Crippen molar-refractivity contribution < 1.29 is 4.74 Å². The molecule has 1 aliphatic rings. The van der Waals surface area contributed by atoms with E-state index in [1.165, 1.54) is 0 Å². The summed E-state index contributed by atoms with van der Waals surface area (Å²) in [6, 6.07) is 3.93. The molecule has 0 spiro atoms. The van der Waals surface area contributed by atoms with Crippen molar-refractivity contribution in [2.75, 3.05) is 13.2 Å². The summed E-state index contributed by atoms with van der Waals surface area (Å²) in [7, 11) is 1.89. The highest BCUT2D eigenvalue weighted by molar-refractivity contribution is 5.54. The van der Waals surface area contributed by atoms with E-state index in [4.69, 9.17) is 10.00 Å². The van der Waals surface area contributed by atoms with Crippen molar-refractivity contribution in [1.82, 2.24) is 19.7 Å². The fourth-order valence-electron chi connectivity index (χ4n) is 2.39. The van der Waals surface area contributed by atoms with Crippen molar-refractivity contribution in [3.05, 3.63) is 23.7 Å². The van der Waals surface area contributed by atoms with Gasteiger partial charge in [-0.05, 0) is 18.9 Å². The maximum atomic E-state index is 8.91. The highest BCUT2D eigenvalue weighted by Gasteiger charge is 2.20. The van der Waals surface area contributed by atoms with Crippen molar-refractivity contribution >= 4 is 0 Å². The van der Waals surface area contributed by atoms with E-state index in [0.29, 0.717) is 17.3 Å². The maximum Gasteiger partial charge on any atom is 0.197 e. The van der Waals surface area contributed by atoms with Crippen LogP contribution in [-0.4, -0.2) is 33.0 Å². The highest BCUT2D eigenvalue weighted by atomic mass is 16.5. The molecular weight excluding hydrogens is 242 g/mol. The molecule has 2 aromatic heterocycles. The Balaban J connectivity index is 1.88. The zero-order valence-electron chi connectivity index (χ0n) is 10.8. The van der Waals surface area contributed by atoms with E-state index in [0.717, 1.165) is 37.6 Å². The Morgan fingerprint density at radius 1 is 1.47 bits per heavy atom. The van der Waals surface area contributed by atoms with E-state index in [1.807, 2.05) is 11.6 Å². The summed E-state index contributed by atoms with van der Waals surface area (Å²) in [4.78, 5) is 4.56. The van der Waals surface area contributed by atoms with Gasteiger partial charge in [0, 0.05) is 32.4 Å². The molecule has 0 bridgehead atoms. The minimum absolute atomic E-state index is 0.394. The van der Waals surface area contributed by atoms with Crippen LogP contribution in [0.25, 0.3) is 11.5 Å². The van der Waals surface area contributed by atoms with Gasteiger partial charge in [0.05, 0.1) is 11.3 Å². The van der Waals surface area contributed by atoms with Crippen LogP contribution in [-0.2, 0) is 11.8 Å². The second-order valence-electron chi connectivity index (χ2n) is 4.77. The molecule has 0 aromatic carbocycles. The monoisotopic (exact) mass is 257 g/mol. The number of hydrogen-bond donors (Lipinski definition) is 1. The van der Waals surface area contributed by atoms with Crippen molar-refractivity contribution in [3.63, 3.8) is 0 Å². The van der Waals surface area contributed by atoms with Gasteiger partial charge in [-0.2, -0.15) is 10.4 Å². The van der Waals surface area contributed by atoms with Gasteiger partial charge in [-0.1, -0.05) is 0 Å². The molecule has 98 valence electrons. The van der Waals surface area contributed by atoms with Crippen LogP contribution in [0.2, 0.25) is 0 Å². The summed E-state index contributed by atoms with van der Waals surface area (Å²) in [6.07, 6.45) is 3.73. The molecule has 19 heavy (non-hydrogen) atoms. The third-order valence-electron chi connectivity index (χ3n) is 3.47. The highest BCUT2D eigenvalue weighted by Crippen LogP contribution is 2.26. The third kappa shape index (κ3) is 2.25. The lowest BCUT2D eigenvalue weighted by molar-refractivity contribution is 0.0836. The van der Waals surface area contributed by atoms with Crippen LogP contribution >= 0.6 is 0 Å². The molecule has 1 fully saturated rings. The average molecular weight is 257 g/mol. The van der Waals surface area contributed by atoms with E-state index < -0.39 is 0 Å². The van der Waals surface area contributed by atoms with E-state index >= 15 is 0 Å². The molecule has 0 atom stereocenters. The van der Waals surface area contributed by atoms with Crippen LogP contribution in [0, 0.1) is 11.3 Å². The second kappa shape index (κ2) is 4.86. The van der Waals surface area contributed by atoms with Crippen LogP contribution in [0.4, 0.5) is 0 Å². The van der Waals surface area contributed by atoms with Gasteiger partial charge in [0.1, 0.15) is 11.9 Å². The standard InChI is InChI=1S/C13H15N5O/c1-18-8-9(7-14)6-11(18)13-15-12(16-17-13)10-2-4-19-5-3-10/h6,8,10H,2-5H2,1H3,(H,15,16,17). The Hall–Kier alpha value is -2.13. The predicted octanol–water partition coefficient (Wildman–Crippen LogP) is 1.58. The Morgan fingerprint density at radius 3 is 2.95 bits per heavy atom. The summed E-state index contributed by atoms with van der Waals surface area (Å²) in [5.41, 5.74) is 1.47. The molecule has 1 saturated heterocycles. The number of nitriles is 1. The number of aromatic amines is 1. The van der Waals surface area contributed by atoms with Crippen molar-refractivity contribution in [2.45, 2.75) is 18.8 Å². The molecule has 1 aliphatic heterocycles. The number of ether oxygens (including phenoxy) is 1. The Morgan fingerprint density at radius 2 is 2.26 bits per heavy atom. The molecular formula is C13H15N5O. The first-order valence-corrected chi connectivity index (χ1v) is 6.35. The van der Waals surface area contributed by atoms with Gasteiger partial charge >= 0.3 is 0 Å². The summed E-state index contributed by atoms with van der Waals surface area (Å²) in [6.45, 7) is 1.56. The molecule has 6 heteroatoms. The predicted molar refractivity (Wildman–Crippen MR) is 68.3 cm³/mol. The average Bonchev–Trinajstić information content (AvgIpc) is 3.06. The molecule has 0 radical (unpaired) electrons. The zero-order chi connectivity index (χ0) is 13.2. The summed E-state index contributed by atoms with van der Waals surface area (Å²) in [5, 5.41) is 16.2. The molecule has 0 aliphatic carbocycles. The minimum Gasteiger partial charge on any atom is -0.381 e. The van der Waals surface area contributed by atoms with Crippen molar-refractivity contribution in [1.29, 1.82) is 5.26 Å². The third-order valence-corrected chi connectivity index (χ3v) is 3.47. The molecule has 0 amide bonds. The van der Waals surface area contributed by atoms with Crippen LogP contribution in [0.3, 0.4) is 0 Å². The molecule has 2 aromatic rings.